The van der Waals surface area contributed by atoms with E-state index in [2.05, 4.69) is 26.1 Å². The van der Waals surface area contributed by atoms with Gasteiger partial charge in [-0.05, 0) is 48.6 Å². The molecule has 1 aromatic carbocycles. The predicted molar refractivity (Wildman–Crippen MR) is 72.0 cm³/mol. The lowest BCUT2D eigenvalue weighted by Gasteiger charge is -2.34. The van der Waals surface area contributed by atoms with Crippen molar-refractivity contribution in [2.45, 2.75) is 27.2 Å². The highest BCUT2D eigenvalue weighted by Crippen LogP contribution is 2.33. The number of benzene rings is 1. The van der Waals surface area contributed by atoms with Crippen molar-refractivity contribution in [3.63, 3.8) is 0 Å². The van der Waals surface area contributed by atoms with E-state index in [0.717, 1.165) is 18.5 Å². The van der Waals surface area contributed by atoms with E-state index in [9.17, 15) is 4.39 Å². The summed E-state index contributed by atoms with van der Waals surface area (Å²) in [5, 5.41) is 3.85. The molecule has 0 saturated heterocycles. The van der Waals surface area contributed by atoms with Crippen LogP contribution in [0.1, 0.15) is 26.3 Å². The zero-order valence-electron chi connectivity index (χ0n) is 11.0. The zero-order chi connectivity index (χ0) is 13.1. The molecule has 1 aromatic rings. The Bertz CT molecular complexity index is 378. The Hall–Kier alpha value is -0.600. The van der Waals surface area contributed by atoms with Gasteiger partial charge in [-0.3, -0.25) is 0 Å². The van der Waals surface area contributed by atoms with Crippen LogP contribution in [0.25, 0.3) is 0 Å². The van der Waals surface area contributed by atoms with Crippen LogP contribution in [-0.4, -0.2) is 13.6 Å². The number of nitrogens with one attached hydrogen (secondary N) is 1. The number of rotatable bonds is 5. The van der Waals surface area contributed by atoms with Gasteiger partial charge in [0.15, 0.2) is 0 Å². The number of hydrogen-bond acceptors (Lipinski definition) is 1. The van der Waals surface area contributed by atoms with Crippen molar-refractivity contribution < 1.29 is 4.39 Å². The summed E-state index contributed by atoms with van der Waals surface area (Å²) in [5.41, 5.74) is 0.963. The van der Waals surface area contributed by atoms with Crippen LogP contribution in [0.5, 0.6) is 0 Å². The Labute approximate surface area is 108 Å². The van der Waals surface area contributed by atoms with E-state index in [1.54, 1.807) is 12.1 Å². The Morgan fingerprint density at radius 2 is 2.06 bits per heavy atom. The molecule has 0 amide bonds. The average molecular weight is 258 g/mol. The summed E-state index contributed by atoms with van der Waals surface area (Å²) in [5.74, 6) is 0.272. The van der Waals surface area contributed by atoms with Crippen molar-refractivity contribution in [1.29, 1.82) is 0 Å². The molecule has 0 saturated carbocycles. The summed E-state index contributed by atoms with van der Waals surface area (Å²) >= 11 is 6.12. The molecule has 0 aliphatic rings. The highest BCUT2D eigenvalue weighted by molar-refractivity contribution is 6.31. The normalized spacial score (nSPS) is 15.0. The summed E-state index contributed by atoms with van der Waals surface area (Å²) in [6.45, 7) is 7.46. The van der Waals surface area contributed by atoms with E-state index in [1.165, 1.54) is 6.07 Å². The standard InChI is InChI=1S/C14H21ClFN/c1-10(2)14(3,9-17-4)8-11-7-12(16)5-6-13(11)15/h5-7,10,17H,8-9H2,1-4H3. The molecule has 1 nitrogen and oxygen atoms in total. The van der Waals surface area contributed by atoms with Gasteiger partial charge in [0.25, 0.3) is 0 Å². The summed E-state index contributed by atoms with van der Waals surface area (Å²) < 4.78 is 13.2. The largest absolute Gasteiger partial charge is 0.319 e. The molecular weight excluding hydrogens is 237 g/mol. The second-order valence-corrected chi connectivity index (χ2v) is 5.66. The average Bonchev–Trinajstić information content (AvgIpc) is 2.23. The molecule has 1 N–H and O–H groups in total. The van der Waals surface area contributed by atoms with E-state index >= 15 is 0 Å². The third-order valence-corrected chi connectivity index (χ3v) is 3.95. The van der Waals surface area contributed by atoms with Crippen molar-refractivity contribution in [3.05, 3.63) is 34.6 Å². The van der Waals surface area contributed by atoms with Crippen LogP contribution in [0.15, 0.2) is 18.2 Å². The molecule has 1 unspecified atom stereocenters. The van der Waals surface area contributed by atoms with Crippen molar-refractivity contribution in [1.82, 2.24) is 5.32 Å². The molecule has 96 valence electrons. The third-order valence-electron chi connectivity index (χ3n) is 3.58. The number of hydrogen-bond donors (Lipinski definition) is 1. The van der Waals surface area contributed by atoms with Gasteiger partial charge in [-0.15, -0.1) is 0 Å². The highest BCUT2D eigenvalue weighted by Gasteiger charge is 2.28. The predicted octanol–water partition coefficient (Wildman–Crippen LogP) is 3.90. The zero-order valence-corrected chi connectivity index (χ0v) is 11.7. The number of halogens is 2. The first kappa shape index (κ1) is 14.5. The first-order valence-electron chi connectivity index (χ1n) is 5.97. The fourth-order valence-corrected chi connectivity index (χ4v) is 2.17. The van der Waals surface area contributed by atoms with Crippen LogP contribution in [0, 0.1) is 17.2 Å². The summed E-state index contributed by atoms with van der Waals surface area (Å²) in [7, 11) is 1.94. The van der Waals surface area contributed by atoms with Crippen molar-refractivity contribution >= 4 is 11.6 Å². The van der Waals surface area contributed by atoms with E-state index in [1.807, 2.05) is 7.05 Å². The van der Waals surface area contributed by atoms with Gasteiger partial charge in [0.1, 0.15) is 5.82 Å². The van der Waals surface area contributed by atoms with Gasteiger partial charge in [0, 0.05) is 11.6 Å². The minimum Gasteiger partial charge on any atom is -0.319 e. The van der Waals surface area contributed by atoms with E-state index in [4.69, 9.17) is 11.6 Å². The van der Waals surface area contributed by atoms with Crippen LogP contribution >= 0.6 is 11.6 Å². The monoisotopic (exact) mass is 257 g/mol. The van der Waals surface area contributed by atoms with E-state index < -0.39 is 0 Å². The molecule has 0 spiro atoms. The molecule has 17 heavy (non-hydrogen) atoms. The lowest BCUT2D eigenvalue weighted by atomic mass is 9.74. The Morgan fingerprint density at radius 3 is 2.59 bits per heavy atom. The van der Waals surface area contributed by atoms with Gasteiger partial charge >= 0.3 is 0 Å². The quantitative estimate of drug-likeness (QED) is 0.844. The maximum Gasteiger partial charge on any atom is 0.123 e. The van der Waals surface area contributed by atoms with Crippen LogP contribution in [0.3, 0.4) is 0 Å². The van der Waals surface area contributed by atoms with Gasteiger partial charge in [0.05, 0.1) is 0 Å². The van der Waals surface area contributed by atoms with Gasteiger partial charge in [-0.1, -0.05) is 32.4 Å². The maximum absolute atomic E-state index is 13.2. The van der Waals surface area contributed by atoms with Crippen molar-refractivity contribution in [2.75, 3.05) is 13.6 Å². The molecule has 0 heterocycles. The second-order valence-electron chi connectivity index (χ2n) is 5.25. The first-order chi connectivity index (χ1) is 7.89. The van der Waals surface area contributed by atoms with E-state index in [-0.39, 0.29) is 11.2 Å². The molecule has 0 aliphatic carbocycles. The SMILES string of the molecule is CNCC(C)(Cc1cc(F)ccc1Cl)C(C)C. The second kappa shape index (κ2) is 5.83. The fourth-order valence-electron chi connectivity index (χ4n) is 1.99. The van der Waals surface area contributed by atoms with Crippen LogP contribution in [-0.2, 0) is 6.42 Å². The Kier molecular flexibility index (Phi) is 4.96. The molecule has 0 bridgehead atoms. The molecule has 1 atom stereocenters. The maximum atomic E-state index is 13.2. The molecule has 1 rings (SSSR count). The molecule has 3 heteroatoms. The molecule has 0 aromatic heterocycles. The van der Waals surface area contributed by atoms with Crippen LogP contribution in [0.2, 0.25) is 5.02 Å². The smallest absolute Gasteiger partial charge is 0.123 e. The minimum absolute atomic E-state index is 0.0756. The van der Waals surface area contributed by atoms with Crippen LogP contribution in [0.4, 0.5) is 4.39 Å². The lowest BCUT2D eigenvalue weighted by Crippen LogP contribution is -2.36. The lowest BCUT2D eigenvalue weighted by molar-refractivity contribution is 0.212. The van der Waals surface area contributed by atoms with Crippen molar-refractivity contribution in [3.8, 4) is 0 Å². The van der Waals surface area contributed by atoms with Gasteiger partial charge in [0.2, 0.25) is 0 Å². The summed E-state index contributed by atoms with van der Waals surface area (Å²) in [4.78, 5) is 0. The van der Waals surface area contributed by atoms with Crippen molar-refractivity contribution in [2.24, 2.45) is 11.3 Å². The molecule has 0 fully saturated rings. The van der Waals surface area contributed by atoms with Gasteiger partial charge in [-0.2, -0.15) is 0 Å². The Balaban J connectivity index is 2.97. The van der Waals surface area contributed by atoms with Crippen LogP contribution < -0.4 is 5.32 Å². The minimum atomic E-state index is -0.222. The molecule has 0 aliphatic heterocycles. The summed E-state index contributed by atoms with van der Waals surface area (Å²) in [6, 6.07) is 4.57. The fraction of sp³-hybridized carbons (Fsp3) is 0.571. The van der Waals surface area contributed by atoms with Gasteiger partial charge in [-0.25, -0.2) is 4.39 Å². The van der Waals surface area contributed by atoms with E-state index in [0.29, 0.717) is 10.9 Å². The Morgan fingerprint density at radius 1 is 1.41 bits per heavy atom. The third kappa shape index (κ3) is 3.68. The summed E-state index contributed by atoms with van der Waals surface area (Å²) in [6.07, 6.45) is 0.780. The van der Waals surface area contributed by atoms with Gasteiger partial charge < -0.3 is 5.32 Å². The highest BCUT2D eigenvalue weighted by atomic mass is 35.5. The first-order valence-corrected chi connectivity index (χ1v) is 6.35. The molecule has 0 radical (unpaired) electrons. The topological polar surface area (TPSA) is 12.0 Å². The molecular formula is C14H21ClFN.